The number of carbonyl (C=O) groups is 2. The van der Waals surface area contributed by atoms with Crippen molar-refractivity contribution in [3.8, 4) is 0 Å². The maximum Gasteiger partial charge on any atom is 0.303 e. The monoisotopic (exact) mass is 230 g/mol. The summed E-state index contributed by atoms with van der Waals surface area (Å²) in [7, 11) is 0. The molecule has 0 saturated heterocycles. The van der Waals surface area contributed by atoms with Gasteiger partial charge in [-0.15, -0.1) is 0 Å². The maximum absolute atomic E-state index is 11.3. The first-order chi connectivity index (χ1) is 7.56. The minimum atomic E-state index is -0.763. The van der Waals surface area contributed by atoms with Gasteiger partial charge in [0.2, 0.25) is 5.91 Å². The van der Waals surface area contributed by atoms with Gasteiger partial charge in [0.1, 0.15) is 0 Å². The van der Waals surface area contributed by atoms with Gasteiger partial charge in [0.25, 0.3) is 0 Å². The molecule has 0 rings (SSSR count). The van der Waals surface area contributed by atoms with E-state index in [9.17, 15) is 9.59 Å². The number of hydrogen-bond acceptors (Lipinski definition) is 3. The predicted octanol–water partition coefficient (Wildman–Crippen LogP) is 0.733. The number of carbonyl (C=O) groups excluding carboxylic acids is 1. The molecule has 0 spiro atoms. The molecule has 0 aliphatic heterocycles. The van der Waals surface area contributed by atoms with Crippen LogP contribution in [0, 0.1) is 5.92 Å². The van der Waals surface area contributed by atoms with Crippen molar-refractivity contribution < 1.29 is 14.7 Å². The summed E-state index contributed by atoms with van der Waals surface area (Å²) in [5, 5.41) is 11.2. The van der Waals surface area contributed by atoms with E-state index in [1.165, 1.54) is 0 Å². The highest BCUT2D eigenvalue weighted by molar-refractivity contribution is 5.76. The Balaban J connectivity index is 3.31. The van der Waals surface area contributed by atoms with E-state index in [0.717, 1.165) is 12.8 Å². The molecule has 0 bridgehead atoms. The number of carboxylic acids is 1. The number of rotatable bonds is 9. The number of nitrogens with one attached hydrogen (secondary N) is 1. The fraction of sp³-hybridized carbons (Fsp3) is 0.818. The quantitative estimate of drug-likeness (QED) is 0.509. The van der Waals surface area contributed by atoms with Gasteiger partial charge in [-0.3, -0.25) is 9.59 Å². The second kappa shape index (κ2) is 9.15. The SMILES string of the molecule is CC(CN)CC(=O)NCCCCCC(=O)O. The summed E-state index contributed by atoms with van der Waals surface area (Å²) in [5.41, 5.74) is 5.41. The molecule has 0 saturated carbocycles. The molecular weight excluding hydrogens is 208 g/mol. The van der Waals surface area contributed by atoms with Gasteiger partial charge in [-0.25, -0.2) is 0 Å². The fourth-order valence-electron chi connectivity index (χ4n) is 1.28. The van der Waals surface area contributed by atoms with Crippen LogP contribution in [0.4, 0.5) is 0 Å². The Kier molecular flexibility index (Phi) is 8.52. The van der Waals surface area contributed by atoms with Crippen molar-refractivity contribution in [3.05, 3.63) is 0 Å². The van der Waals surface area contributed by atoms with Crippen molar-refractivity contribution in [2.45, 2.75) is 39.0 Å². The number of amides is 1. The molecule has 1 amide bonds. The van der Waals surface area contributed by atoms with Crippen LogP contribution in [0.25, 0.3) is 0 Å². The molecule has 0 fully saturated rings. The molecule has 1 unspecified atom stereocenters. The zero-order valence-electron chi connectivity index (χ0n) is 9.87. The van der Waals surface area contributed by atoms with Crippen LogP contribution < -0.4 is 11.1 Å². The Hall–Kier alpha value is -1.10. The molecule has 0 aromatic rings. The number of aliphatic carboxylic acids is 1. The number of unbranched alkanes of at least 4 members (excludes halogenated alkanes) is 2. The van der Waals surface area contributed by atoms with Crippen LogP contribution in [0.1, 0.15) is 39.0 Å². The third-order valence-electron chi connectivity index (χ3n) is 2.33. The van der Waals surface area contributed by atoms with Gasteiger partial charge in [0, 0.05) is 19.4 Å². The summed E-state index contributed by atoms with van der Waals surface area (Å²) in [6.45, 7) is 3.08. The van der Waals surface area contributed by atoms with E-state index in [1.807, 2.05) is 6.92 Å². The normalized spacial score (nSPS) is 12.1. The highest BCUT2D eigenvalue weighted by atomic mass is 16.4. The van der Waals surface area contributed by atoms with E-state index < -0.39 is 5.97 Å². The Morgan fingerprint density at radius 1 is 1.31 bits per heavy atom. The largest absolute Gasteiger partial charge is 0.481 e. The summed E-state index contributed by atoms with van der Waals surface area (Å²) in [6.07, 6.45) is 3.00. The molecule has 0 aliphatic carbocycles. The van der Waals surface area contributed by atoms with E-state index in [0.29, 0.717) is 25.9 Å². The lowest BCUT2D eigenvalue weighted by Gasteiger charge is -2.08. The lowest BCUT2D eigenvalue weighted by molar-refractivity contribution is -0.137. The van der Waals surface area contributed by atoms with Crippen molar-refractivity contribution in [1.82, 2.24) is 5.32 Å². The van der Waals surface area contributed by atoms with Gasteiger partial charge in [0.15, 0.2) is 0 Å². The summed E-state index contributed by atoms with van der Waals surface area (Å²) >= 11 is 0. The first-order valence-corrected chi connectivity index (χ1v) is 5.74. The average molecular weight is 230 g/mol. The van der Waals surface area contributed by atoms with Crippen LogP contribution in [-0.2, 0) is 9.59 Å². The van der Waals surface area contributed by atoms with Crippen molar-refractivity contribution in [2.24, 2.45) is 11.7 Å². The smallest absolute Gasteiger partial charge is 0.303 e. The van der Waals surface area contributed by atoms with Gasteiger partial charge >= 0.3 is 5.97 Å². The molecule has 0 aromatic heterocycles. The van der Waals surface area contributed by atoms with Crippen LogP contribution in [0.15, 0.2) is 0 Å². The highest BCUT2D eigenvalue weighted by Crippen LogP contribution is 2.00. The summed E-state index contributed by atoms with van der Waals surface area (Å²) in [6, 6.07) is 0. The molecule has 1 atom stereocenters. The second-order valence-electron chi connectivity index (χ2n) is 4.10. The summed E-state index contributed by atoms with van der Waals surface area (Å²) < 4.78 is 0. The lowest BCUT2D eigenvalue weighted by atomic mass is 10.1. The fourth-order valence-corrected chi connectivity index (χ4v) is 1.28. The standard InChI is InChI=1S/C11H22N2O3/c1-9(8-12)7-10(14)13-6-4-2-3-5-11(15)16/h9H,2-8,12H2,1H3,(H,13,14)(H,15,16). The number of carboxylic acid groups (broad SMARTS) is 1. The molecule has 94 valence electrons. The van der Waals surface area contributed by atoms with E-state index >= 15 is 0 Å². The van der Waals surface area contributed by atoms with E-state index in [-0.39, 0.29) is 18.2 Å². The average Bonchev–Trinajstić information content (AvgIpc) is 2.22. The zero-order valence-corrected chi connectivity index (χ0v) is 9.87. The van der Waals surface area contributed by atoms with E-state index in [1.54, 1.807) is 0 Å². The van der Waals surface area contributed by atoms with Crippen molar-refractivity contribution >= 4 is 11.9 Å². The molecule has 16 heavy (non-hydrogen) atoms. The third kappa shape index (κ3) is 9.45. The Labute approximate surface area is 96.4 Å². The number of nitrogens with two attached hydrogens (primary N) is 1. The Morgan fingerprint density at radius 2 is 2.00 bits per heavy atom. The molecule has 0 aromatic carbocycles. The number of hydrogen-bond donors (Lipinski definition) is 3. The zero-order chi connectivity index (χ0) is 12.4. The van der Waals surface area contributed by atoms with Gasteiger partial charge < -0.3 is 16.2 Å². The van der Waals surface area contributed by atoms with Crippen LogP contribution in [0.5, 0.6) is 0 Å². The Bertz CT molecular complexity index is 219. The molecule has 4 N–H and O–H groups in total. The van der Waals surface area contributed by atoms with Crippen LogP contribution in [-0.4, -0.2) is 30.1 Å². The maximum atomic E-state index is 11.3. The molecule has 0 aliphatic rings. The lowest BCUT2D eigenvalue weighted by Crippen LogP contribution is -2.27. The first-order valence-electron chi connectivity index (χ1n) is 5.74. The molecule has 0 heterocycles. The van der Waals surface area contributed by atoms with Gasteiger partial charge in [0.05, 0.1) is 0 Å². The van der Waals surface area contributed by atoms with Crippen molar-refractivity contribution in [2.75, 3.05) is 13.1 Å². The summed E-state index contributed by atoms with van der Waals surface area (Å²) in [5.74, 6) is -0.524. The minimum absolute atomic E-state index is 0.0242. The topological polar surface area (TPSA) is 92.4 Å². The Morgan fingerprint density at radius 3 is 2.56 bits per heavy atom. The predicted molar refractivity (Wildman–Crippen MR) is 61.9 cm³/mol. The highest BCUT2D eigenvalue weighted by Gasteiger charge is 2.06. The van der Waals surface area contributed by atoms with E-state index in [2.05, 4.69) is 5.32 Å². The molecule has 5 heteroatoms. The van der Waals surface area contributed by atoms with Crippen molar-refractivity contribution in [3.63, 3.8) is 0 Å². The van der Waals surface area contributed by atoms with Gasteiger partial charge in [-0.2, -0.15) is 0 Å². The summed E-state index contributed by atoms with van der Waals surface area (Å²) in [4.78, 5) is 21.5. The van der Waals surface area contributed by atoms with Gasteiger partial charge in [-0.05, 0) is 25.3 Å². The van der Waals surface area contributed by atoms with Crippen molar-refractivity contribution in [1.29, 1.82) is 0 Å². The first kappa shape index (κ1) is 14.9. The van der Waals surface area contributed by atoms with E-state index in [4.69, 9.17) is 10.8 Å². The minimum Gasteiger partial charge on any atom is -0.481 e. The van der Waals surface area contributed by atoms with Gasteiger partial charge in [-0.1, -0.05) is 13.3 Å². The molecule has 5 nitrogen and oxygen atoms in total. The second-order valence-corrected chi connectivity index (χ2v) is 4.10. The molecular formula is C11H22N2O3. The molecule has 0 radical (unpaired) electrons. The van der Waals surface area contributed by atoms with Crippen LogP contribution in [0.3, 0.4) is 0 Å². The van der Waals surface area contributed by atoms with Crippen LogP contribution >= 0.6 is 0 Å². The van der Waals surface area contributed by atoms with Crippen LogP contribution in [0.2, 0.25) is 0 Å². The third-order valence-corrected chi connectivity index (χ3v) is 2.33.